The van der Waals surface area contributed by atoms with E-state index in [2.05, 4.69) is 15.6 Å². The molecule has 0 spiro atoms. The summed E-state index contributed by atoms with van der Waals surface area (Å²) in [7, 11) is 0. The van der Waals surface area contributed by atoms with Crippen LogP contribution in [0.1, 0.15) is 24.0 Å². The van der Waals surface area contributed by atoms with Crippen LogP contribution in [0.5, 0.6) is 0 Å². The maximum atomic E-state index is 13.3. The van der Waals surface area contributed by atoms with Crippen molar-refractivity contribution in [2.24, 2.45) is 16.5 Å². The molecule has 1 heterocycles. The monoisotopic (exact) mass is 519 g/mol. The van der Waals surface area contributed by atoms with Crippen LogP contribution in [0.15, 0.2) is 68.8 Å². The number of hydrogen-bond donors (Lipinski definition) is 4. The van der Waals surface area contributed by atoms with Crippen LogP contribution < -0.4 is 27.7 Å². The summed E-state index contributed by atoms with van der Waals surface area (Å²) < 4.78 is 49.9. The van der Waals surface area contributed by atoms with E-state index in [0.717, 1.165) is 17.7 Å². The summed E-state index contributed by atoms with van der Waals surface area (Å²) in [5, 5.41) is 4.62. The molecule has 2 amide bonds. The Morgan fingerprint density at radius 1 is 1.08 bits per heavy atom. The summed E-state index contributed by atoms with van der Waals surface area (Å²) in [5.74, 6) is -0.817. The highest BCUT2D eigenvalue weighted by Crippen LogP contribution is 2.34. The zero-order chi connectivity index (χ0) is 27.0. The molecule has 0 aliphatic carbocycles. The second kappa shape index (κ2) is 11.9. The number of hydrogen-bond acceptors (Lipinski definition) is 6. The molecule has 37 heavy (non-hydrogen) atoms. The Bertz CT molecular complexity index is 1340. The molecule has 196 valence electrons. The Morgan fingerprint density at radius 2 is 1.81 bits per heavy atom. The summed E-state index contributed by atoms with van der Waals surface area (Å²) in [6.45, 7) is 0.161. The highest BCUT2D eigenvalue weighted by Gasteiger charge is 2.34. The molecule has 0 fully saturated rings. The minimum absolute atomic E-state index is 0.0275. The molecule has 0 aliphatic heterocycles. The molecule has 3 rings (SSSR count). The predicted octanol–water partition coefficient (Wildman–Crippen LogP) is 3.10. The molecule has 1 unspecified atom stereocenters. The number of nitrogens with zero attached hydrogens (tertiary/aromatic N) is 1. The lowest BCUT2D eigenvalue weighted by molar-refractivity contribution is -0.136. The minimum Gasteiger partial charge on any atom is -0.445 e. The van der Waals surface area contributed by atoms with Gasteiger partial charge in [-0.2, -0.15) is 13.2 Å². The van der Waals surface area contributed by atoms with E-state index in [1.54, 1.807) is 24.3 Å². The number of carbonyl (C=O) groups is 2. The number of rotatable bonds is 9. The number of benzene rings is 2. The number of aliphatic imine (C=N–C) groups is 1. The quantitative estimate of drug-likeness (QED) is 0.146. The predicted molar refractivity (Wildman–Crippen MR) is 130 cm³/mol. The second-order valence-electron chi connectivity index (χ2n) is 7.88. The average molecular weight is 519 g/mol. The fourth-order valence-corrected chi connectivity index (χ4v) is 3.38. The molecule has 0 bridgehead atoms. The minimum atomic E-state index is -4.77. The topological polar surface area (TPSA) is 162 Å². The highest BCUT2D eigenvalue weighted by molar-refractivity contribution is 5.98. The Labute approximate surface area is 208 Å². The molecule has 0 aliphatic rings. The van der Waals surface area contributed by atoms with Crippen molar-refractivity contribution in [3.63, 3.8) is 0 Å². The standard InChI is InChI=1S/C24H24F3N5O5/c25-24(26,27)17-12-20(33)37-19-11-15(8-9-16(17)19)31-21(34)18(7-4-10-30-22(28)29)32-23(35)36-13-14-5-2-1-3-6-14/h1-3,5-6,8-9,11-12,18H,4,7,10,13H2,(H,31,34)(H,32,35)(H4,28,29,30). The second-order valence-corrected chi connectivity index (χ2v) is 7.88. The van der Waals surface area contributed by atoms with E-state index in [9.17, 15) is 27.6 Å². The first-order valence-electron chi connectivity index (χ1n) is 11.0. The molecule has 1 atom stereocenters. The lowest BCUT2D eigenvalue weighted by Gasteiger charge is -2.18. The highest BCUT2D eigenvalue weighted by atomic mass is 19.4. The lowest BCUT2D eigenvalue weighted by atomic mass is 10.1. The average Bonchev–Trinajstić information content (AvgIpc) is 2.83. The van der Waals surface area contributed by atoms with Gasteiger partial charge in [0, 0.05) is 29.8 Å². The van der Waals surface area contributed by atoms with Gasteiger partial charge < -0.3 is 31.3 Å². The van der Waals surface area contributed by atoms with E-state index >= 15 is 0 Å². The summed E-state index contributed by atoms with van der Waals surface area (Å²) in [4.78, 5) is 40.7. The Hall–Kier alpha value is -4.55. The molecule has 0 saturated carbocycles. The van der Waals surface area contributed by atoms with Crippen molar-refractivity contribution < 1.29 is 31.9 Å². The number of ether oxygens (including phenoxy) is 1. The van der Waals surface area contributed by atoms with E-state index < -0.39 is 35.4 Å². The van der Waals surface area contributed by atoms with Crippen LogP contribution in [-0.4, -0.2) is 30.5 Å². The Balaban J connectivity index is 1.74. The van der Waals surface area contributed by atoms with Gasteiger partial charge in [0.1, 0.15) is 18.2 Å². The number of anilines is 1. The third kappa shape index (κ3) is 7.98. The Morgan fingerprint density at radius 3 is 2.49 bits per heavy atom. The van der Waals surface area contributed by atoms with Crippen molar-refractivity contribution in [3.8, 4) is 0 Å². The van der Waals surface area contributed by atoms with Crippen LogP contribution in [-0.2, 0) is 22.3 Å². The third-order valence-corrected chi connectivity index (χ3v) is 5.08. The fraction of sp³-hybridized carbons (Fsp3) is 0.250. The van der Waals surface area contributed by atoms with Gasteiger partial charge in [0.15, 0.2) is 5.96 Å². The summed E-state index contributed by atoms with van der Waals surface area (Å²) in [6, 6.07) is 11.5. The van der Waals surface area contributed by atoms with Gasteiger partial charge in [0.05, 0.1) is 5.56 Å². The number of carbonyl (C=O) groups excluding carboxylic acids is 2. The van der Waals surface area contributed by atoms with E-state index in [1.807, 2.05) is 6.07 Å². The number of nitrogens with one attached hydrogen (secondary N) is 2. The van der Waals surface area contributed by atoms with Crippen molar-refractivity contribution in [1.29, 1.82) is 0 Å². The van der Waals surface area contributed by atoms with Gasteiger partial charge in [-0.05, 0) is 30.5 Å². The smallest absolute Gasteiger partial charge is 0.417 e. The van der Waals surface area contributed by atoms with Crippen molar-refractivity contribution in [3.05, 3.63) is 76.1 Å². The van der Waals surface area contributed by atoms with Gasteiger partial charge in [-0.3, -0.25) is 9.79 Å². The van der Waals surface area contributed by atoms with Gasteiger partial charge in [-0.15, -0.1) is 0 Å². The number of halogens is 3. The summed E-state index contributed by atoms with van der Waals surface area (Å²) in [6.07, 6.45) is -5.20. The van der Waals surface area contributed by atoms with Crippen LogP contribution in [0, 0.1) is 0 Å². The van der Waals surface area contributed by atoms with Crippen LogP contribution in [0.4, 0.5) is 23.7 Å². The molecule has 2 aromatic carbocycles. The van der Waals surface area contributed by atoms with Gasteiger partial charge in [-0.1, -0.05) is 30.3 Å². The number of fused-ring (bicyclic) bond motifs is 1. The number of alkyl carbamates (subject to hydrolysis) is 1. The molecule has 1 aromatic heterocycles. The SMILES string of the molecule is NC(N)=NCCCC(NC(=O)OCc1ccccc1)C(=O)Nc1ccc2c(C(F)(F)F)cc(=O)oc2c1. The van der Waals surface area contributed by atoms with Gasteiger partial charge in [0.25, 0.3) is 0 Å². The van der Waals surface area contributed by atoms with E-state index in [-0.39, 0.29) is 42.2 Å². The van der Waals surface area contributed by atoms with Crippen LogP contribution >= 0.6 is 0 Å². The first kappa shape index (κ1) is 27.0. The maximum absolute atomic E-state index is 13.3. The number of amides is 2. The zero-order valence-corrected chi connectivity index (χ0v) is 19.4. The van der Waals surface area contributed by atoms with Crippen molar-refractivity contribution in [1.82, 2.24) is 5.32 Å². The molecule has 6 N–H and O–H groups in total. The first-order chi connectivity index (χ1) is 17.5. The largest absolute Gasteiger partial charge is 0.445 e. The van der Waals surface area contributed by atoms with Gasteiger partial charge in [-0.25, -0.2) is 9.59 Å². The summed E-state index contributed by atoms with van der Waals surface area (Å²) in [5.41, 5.74) is 8.67. The number of alkyl halides is 3. The molecular weight excluding hydrogens is 495 g/mol. The van der Waals surface area contributed by atoms with Gasteiger partial charge in [0.2, 0.25) is 5.91 Å². The first-order valence-corrected chi connectivity index (χ1v) is 11.0. The molecular formula is C24H24F3N5O5. The molecule has 0 saturated heterocycles. The normalized spacial score (nSPS) is 12.0. The van der Waals surface area contributed by atoms with Crippen molar-refractivity contribution >= 4 is 34.6 Å². The zero-order valence-electron chi connectivity index (χ0n) is 19.4. The number of nitrogens with two attached hydrogens (primary N) is 2. The third-order valence-electron chi connectivity index (χ3n) is 5.08. The van der Waals surface area contributed by atoms with Gasteiger partial charge >= 0.3 is 17.9 Å². The van der Waals surface area contributed by atoms with Crippen LogP contribution in [0.3, 0.4) is 0 Å². The van der Waals surface area contributed by atoms with E-state index in [1.165, 1.54) is 6.07 Å². The molecule has 3 aromatic rings. The molecule has 10 nitrogen and oxygen atoms in total. The Kier molecular flexibility index (Phi) is 8.72. The lowest BCUT2D eigenvalue weighted by Crippen LogP contribution is -2.44. The van der Waals surface area contributed by atoms with E-state index in [0.29, 0.717) is 12.5 Å². The van der Waals surface area contributed by atoms with Crippen LogP contribution in [0.2, 0.25) is 0 Å². The van der Waals surface area contributed by atoms with Crippen molar-refractivity contribution in [2.45, 2.75) is 31.7 Å². The maximum Gasteiger partial charge on any atom is 0.417 e. The van der Waals surface area contributed by atoms with Crippen molar-refractivity contribution in [2.75, 3.05) is 11.9 Å². The fourth-order valence-electron chi connectivity index (χ4n) is 3.38. The molecule has 13 heteroatoms. The van der Waals surface area contributed by atoms with E-state index in [4.69, 9.17) is 20.6 Å². The summed E-state index contributed by atoms with van der Waals surface area (Å²) >= 11 is 0. The number of guanidine groups is 1. The van der Waals surface area contributed by atoms with Crippen LogP contribution in [0.25, 0.3) is 11.0 Å². The molecule has 0 radical (unpaired) electrons.